The first-order valence-electron chi connectivity index (χ1n) is 12.4. The van der Waals surface area contributed by atoms with Gasteiger partial charge in [-0.1, -0.05) is 61.9 Å². The normalized spacial score (nSPS) is 13.1. The average Bonchev–Trinajstić information content (AvgIpc) is 3.14. The number of carbonyl (C=O) groups is 3. The van der Waals surface area contributed by atoms with Gasteiger partial charge in [0.2, 0.25) is 5.91 Å². The predicted molar refractivity (Wildman–Crippen MR) is 135 cm³/mol. The number of fused-ring (bicyclic) bond motifs is 3. The third-order valence-corrected chi connectivity index (χ3v) is 6.46. The number of ether oxygens (including phenoxy) is 1. The second-order valence-corrected chi connectivity index (χ2v) is 9.34. The van der Waals surface area contributed by atoms with Gasteiger partial charge in [0.1, 0.15) is 6.61 Å². The third kappa shape index (κ3) is 6.84. The molecular weight excluding hydrogens is 444 g/mol. The summed E-state index contributed by atoms with van der Waals surface area (Å²) in [6, 6.07) is 16.0. The van der Waals surface area contributed by atoms with E-state index in [1.165, 1.54) is 11.1 Å². The van der Waals surface area contributed by atoms with Gasteiger partial charge in [0.15, 0.2) is 0 Å². The van der Waals surface area contributed by atoms with E-state index in [4.69, 9.17) is 9.84 Å². The van der Waals surface area contributed by atoms with Gasteiger partial charge in [0.05, 0.1) is 0 Å². The van der Waals surface area contributed by atoms with Crippen LogP contribution in [0.25, 0.3) is 11.1 Å². The van der Waals surface area contributed by atoms with E-state index in [2.05, 4.69) is 29.6 Å². The topological polar surface area (TPSA) is 95.9 Å². The number of rotatable bonds is 12. The van der Waals surface area contributed by atoms with Gasteiger partial charge in [0, 0.05) is 37.4 Å². The fraction of sp³-hybridized carbons (Fsp3) is 0.464. The van der Waals surface area contributed by atoms with Crippen LogP contribution in [0.2, 0.25) is 0 Å². The van der Waals surface area contributed by atoms with E-state index in [1.54, 1.807) is 4.90 Å². The van der Waals surface area contributed by atoms with Crippen LogP contribution in [-0.2, 0) is 14.3 Å². The summed E-state index contributed by atoms with van der Waals surface area (Å²) in [5.41, 5.74) is 4.64. The van der Waals surface area contributed by atoms with Gasteiger partial charge < -0.3 is 20.1 Å². The molecule has 3 rings (SSSR count). The molecule has 7 heteroatoms. The van der Waals surface area contributed by atoms with Crippen molar-refractivity contribution >= 4 is 18.0 Å². The Morgan fingerprint density at radius 2 is 1.63 bits per heavy atom. The monoisotopic (exact) mass is 480 g/mol. The lowest BCUT2D eigenvalue weighted by Gasteiger charge is -2.29. The molecule has 188 valence electrons. The van der Waals surface area contributed by atoms with Crippen LogP contribution >= 0.6 is 0 Å². The minimum Gasteiger partial charge on any atom is -0.481 e. The first-order chi connectivity index (χ1) is 16.8. The highest BCUT2D eigenvalue weighted by atomic mass is 16.5. The van der Waals surface area contributed by atoms with Crippen LogP contribution in [0.3, 0.4) is 0 Å². The molecule has 0 heterocycles. The zero-order valence-electron chi connectivity index (χ0n) is 20.8. The van der Waals surface area contributed by atoms with Crippen molar-refractivity contribution in [3.05, 3.63) is 59.7 Å². The second kappa shape index (κ2) is 12.4. The van der Waals surface area contributed by atoms with Crippen LogP contribution < -0.4 is 5.32 Å². The number of benzene rings is 2. The van der Waals surface area contributed by atoms with Crippen molar-refractivity contribution in [3.63, 3.8) is 0 Å². The summed E-state index contributed by atoms with van der Waals surface area (Å²) in [5, 5.41) is 11.8. The zero-order chi connectivity index (χ0) is 25.4. The molecule has 0 bridgehead atoms. The van der Waals surface area contributed by atoms with Gasteiger partial charge in [0.25, 0.3) is 0 Å². The standard InChI is InChI=1S/C28H36N2O5/c1-4-10-20(17-26(31)30(19(2)3)16-9-15-27(32)33)29-28(34)35-18-25-23-13-7-5-11-21(23)22-12-6-8-14-24(22)25/h5-8,11-14,19-20,25H,4,9-10,15-18H2,1-3H3,(H,29,34)(H,32,33)/t20-/m1/s1. The van der Waals surface area contributed by atoms with Crippen molar-refractivity contribution in [2.45, 2.75) is 70.9 Å². The van der Waals surface area contributed by atoms with E-state index >= 15 is 0 Å². The first kappa shape index (κ1) is 26.3. The van der Waals surface area contributed by atoms with E-state index in [0.29, 0.717) is 19.4 Å². The maximum absolute atomic E-state index is 13.0. The summed E-state index contributed by atoms with van der Waals surface area (Å²) < 4.78 is 5.66. The molecule has 1 atom stereocenters. The van der Waals surface area contributed by atoms with Crippen LogP contribution in [0.15, 0.2) is 48.5 Å². The maximum atomic E-state index is 13.0. The Bertz CT molecular complexity index is 990. The van der Waals surface area contributed by atoms with Crippen molar-refractivity contribution in [1.82, 2.24) is 10.2 Å². The molecule has 0 aromatic heterocycles. The van der Waals surface area contributed by atoms with Crippen molar-refractivity contribution in [3.8, 4) is 11.1 Å². The van der Waals surface area contributed by atoms with E-state index < -0.39 is 12.1 Å². The van der Waals surface area contributed by atoms with Crippen LogP contribution in [0.1, 0.15) is 69.9 Å². The molecule has 0 aliphatic heterocycles. The molecule has 2 amide bonds. The molecule has 2 aromatic rings. The highest BCUT2D eigenvalue weighted by molar-refractivity contribution is 5.80. The third-order valence-electron chi connectivity index (χ3n) is 6.46. The summed E-state index contributed by atoms with van der Waals surface area (Å²) in [4.78, 5) is 38.2. The number of carboxylic acid groups (broad SMARTS) is 1. The lowest BCUT2D eigenvalue weighted by atomic mass is 9.98. The molecule has 0 unspecified atom stereocenters. The molecular formula is C28H36N2O5. The molecule has 0 spiro atoms. The number of nitrogens with zero attached hydrogens (tertiary/aromatic N) is 1. The van der Waals surface area contributed by atoms with Gasteiger partial charge in [-0.15, -0.1) is 0 Å². The van der Waals surface area contributed by atoms with Crippen molar-refractivity contribution < 1.29 is 24.2 Å². The molecule has 7 nitrogen and oxygen atoms in total. The number of alkyl carbamates (subject to hydrolysis) is 1. The predicted octanol–water partition coefficient (Wildman–Crippen LogP) is 5.19. The highest BCUT2D eigenvalue weighted by Gasteiger charge is 2.29. The summed E-state index contributed by atoms with van der Waals surface area (Å²) >= 11 is 0. The van der Waals surface area contributed by atoms with Gasteiger partial charge in [-0.25, -0.2) is 4.79 Å². The maximum Gasteiger partial charge on any atom is 0.407 e. The molecule has 0 saturated heterocycles. The van der Waals surface area contributed by atoms with Crippen molar-refractivity contribution in [2.24, 2.45) is 0 Å². The van der Waals surface area contributed by atoms with Gasteiger partial charge >= 0.3 is 12.1 Å². The van der Waals surface area contributed by atoms with Crippen LogP contribution in [0.4, 0.5) is 4.79 Å². The van der Waals surface area contributed by atoms with Crippen molar-refractivity contribution in [2.75, 3.05) is 13.2 Å². The van der Waals surface area contributed by atoms with Crippen LogP contribution in [-0.4, -0.2) is 53.2 Å². The van der Waals surface area contributed by atoms with Gasteiger partial charge in [-0.3, -0.25) is 9.59 Å². The average molecular weight is 481 g/mol. The summed E-state index contributed by atoms with van der Waals surface area (Å²) in [6.45, 7) is 6.43. The molecule has 2 N–H and O–H groups in total. The van der Waals surface area contributed by atoms with E-state index in [-0.39, 0.29) is 43.4 Å². The lowest BCUT2D eigenvalue weighted by Crippen LogP contribution is -2.43. The molecule has 2 aromatic carbocycles. The number of carbonyl (C=O) groups excluding carboxylic acids is 2. The van der Waals surface area contributed by atoms with Crippen molar-refractivity contribution in [1.29, 1.82) is 0 Å². The summed E-state index contributed by atoms with van der Waals surface area (Å²) in [6.07, 6.45) is 1.51. The largest absolute Gasteiger partial charge is 0.481 e. The van der Waals surface area contributed by atoms with E-state index in [1.807, 2.05) is 45.0 Å². The minimum absolute atomic E-state index is 0.0207. The number of nitrogens with one attached hydrogen (secondary N) is 1. The number of hydrogen-bond acceptors (Lipinski definition) is 4. The fourth-order valence-corrected chi connectivity index (χ4v) is 4.78. The molecule has 0 fully saturated rings. The smallest absolute Gasteiger partial charge is 0.407 e. The number of carboxylic acids is 1. The Morgan fingerprint density at radius 1 is 1.03 bits per heavy atom. The fourth-order valence-electron chi connectivity index (χ4n) is 4.78. The molecule has 1 aliphatic carbocycles. The number of aliphatic carboxylic acids is 1. The number of amides is 2. The second-order valence-electron chi connectivity index (χ2n) is 9.34. The SMILES string of the molecule is CCC[C@H](CC(=O)N(CCCC(=O)O)C(C)C)NC(=O)OCC1c2ccccc2-c2ccccc21. The Hall–Kier alpha value is -3.35. The Labute approximate surface area is 207 Å². The molecule has 0 saturated carbocycles. The minimum atomic E-state index is -0.873. The molecule has 0 radical (unpaired) electrons. The van der Waals surface area contributed by atoms with E-state index in [0.717, 1.165) is 17.5 Å². The summed E-state index contributed by atoms with van der Waals surface area (Å²) in [5.74, 6) is -0.991. The summed E-state index contributed by atoms with van der Waals surface area (Å²) in [7, 11) is 0. The van der Waals surface area contributed by atoms with Crippen LogP contribution in [0, 0.1) is 0 Å². The Balaban J connectivity index is 1.59. The zero-order valence-corrected chi connectivity index (χ0v) is 20.8. The first-order valence-corrected chi connectivity index (χ1v) is 12.4. The Kier molecular flexibility index (Phi) is 9.29. The van der Waals surface area contributed by atoms with Gasteiger partial charge in [-0.2, -0.15) is 0 Å². The quantitative estimate of drug-likeness (QED) is 0.436. The van der Waals surface area contributed by atoms with E-state index in [9.17, 15) is 14.4 Å². The lowest BCUT2D eigenvalue weighted by molar-refractivity contribution is -0.138. The van der Waals surface area contributed by atoms with Gasteiger partial charge in [-0.05, 0) is 48.9 Å². The number of hydrogen-bond donors (Lipinski definition) is 2. The van der Waals surface area contributed by atoms with Crippen LogP contribution in [0.5, 0.6) is 0 Å². The Morgan fingerprint density at radius 3 is 2.17 bits per heavy atom. The highest BCUT2D eigenvalue weighted by Crippen LogP contribution is 2.44. The molecule has 35 heavy (non-hydrogen) atoms. The molecule has 1 aliphatic rings.